The van der Waals surface area contributed by atoms with Crippen LogP contribution in [0.2, 0.25) is 5.02 Å². The van der Waals surface area contributed by atoms with Crippen molar-refractivity contribution in [2.45, 2.75) is 59.4 Å². The predicted molar refractivity (Wildman–Crippen MR) is 117 cm³/mol. The minimum absolute atomic E-state index is 0.453. The van der Waals surface area contributed by atoms with E-state index in [0.717, 1.165) is 24.4 Å². The van der Waals surface area contributed by atoms with Crippen LogP contribution in [0.3, 0.4) is 0 Å². The molecule has 1 N–H and O–H groups in total. The van der Waals surface area contributed by atoms with Crippen molar-refractivity contribution in [1.82, 2.24) is 15.5 Å². The van der Waals surface area contributed by atoms with Crippen LogP contribution in [0.15, 0.2) is 34.9 Å². The van der Waals surface area contributed by atoms with E-state index >= 15 is 0 Å². The molecule has 8 heteroatoms. The summed E-state index contributed by atoms with van der Waals surface area (Å²) in [5, 5.41) is 4.47. The molecule has 0 aliphatic carbocycles. The van der Waals surface area contributed by atoms with Crippen LogP contribution in [-0.2, 0) is 9.59 Å². The van der Waals surface area contributed by atoms with Crippen molar-refractivity contribution in [2.24, 2.45) is 5.92 Å². The van der Waals surface area contributed by atoms with Gasteiger partial charge in [0.2, 0.25) is 12.8 Å². The molecule has 7 nitrogen and oxygen atoms in total. The fourth-order valence-electron chi connectivity index (χ4n) is 2.63. The molecule has 2 aromatic rings. The van der Waals surface area contributed by atoms with Crippen LogP contribution in [0.25, 0.3) is 0 Å². The molecule has 1 saturated heterocycles. The first-order valence-corrected chi connectivity index (χ1v) is 10.4. The molecule has 166 valence electrons. The normalized spacial score (nSPS) is 16.0. The fourth-order valence-corrected chi connectivity index (χ4v) is 2.76. The van der Waals surface area contributed by atoms with Gasteiger partial charge in [0, 0.05) is 29.6 Å². The third-order valence-electron chi connectivity index (χ3n) is 4.87. The topological polar surface area (TPSA) is 84.7 Å². The number of hydrogen-bond acceptors (Lipinski definition) is 5. The summed E-state index contributed by atoms with van der Waals surface area (Å²) in [6.45, 7) is 11.5. The highest BCUT2D eigenvalue weighted by Gasteiger charge is 2.17. The second-order valence-corrected chi connectivity index (χ2v) is 7.97. The highest BCUT2D eigenvalue weighted by atomic mass is 35.5. The van der Waals surface area contributed by atoms with E-state index in [1.54, 1.807) is 24.3 Å². The molecule has 3 rings (SSSR count). The Kier molecular flexibility index (Phi) is 11.6. The Labute approximate surface area is 183 Å². The first-order chi connectivity index (χ1) is 14.3. The van der Waals surface area contributed by atoms with Gasteiger partial charge in [0.25, 0.3) is 0 Å². The molecule has 0 saturated carbocycles. The second kappa shape index (κ2) is 13.6. The van der Waals surface area contributed by atoms with Gasteiger partial charge in [0.05, 0.1) is 5.69 Å². The van der Waals surface area contributed by atoms with Gasteiger partial charge in [-0.05, 0) is 56.9 Å². The van der Waals surface area contributed by atoms with Gasteiger partial charge in [-0.2, -0.15) is 5.48 Å². The van der Waals surface area contributed by atoms with Crippen molar-refractivity contribution in [3.8, 4) is 5.75 Å². The summed E-state index contributed by atoms with van der Waals surface area (Å²) < 4.78 is 5.14. The van der Waals surface area contributed by atoms with Crippen molar-refractivity contribution in [3.05, 3.63) is 46.8 Å². The predicted octanol–water partition coefficient (Wildman–Crippen LogP) is 4.75. The monoisotopic (exact) mass is 437 g/mol. The third-order valence-corrected chi connectivity index (χ3v) is 5.13. The van der Waals surface area contributed by atoms with Gasteiger partial charge in [-0.25, -0.2) is 0 Å². The van der Waals surface area contributed by atoms with Crippen LogP contribution >= 0.6 is 11.6 Å². The van der Waals surface area contributed by atoms with Crippen molar-refractivity contribution < 1.29 is 18.9 Å². The summed E-state index contributed by atoms with van der Waals surface area (Å²) in [6.07, 6.45) is 3.75. The SMILES string of the molecule is CC1CCCN1C=O.Cc1cc(C(C)C(C)C)on1.O=CNOc1ccc(Cl)cc1. The lowest BCUT2D eigenvalue weighted by Crippen LogP contribution is -2.24. The smallest absolute Gasteiger partial charge is 0.239 e. The number of nitrogens with one attached hydrogen (secondary N) is 1. The van der Waals surface area contributed by atoms with E-state index in [9.17, 15) is 9.59 Å². The highest BCUT2D eigenvalue weighted by molar-refractivity contribution is 6.30. The molecule has 1 fully saturated rings. The molecule has 2 atom stereocenters. The standard InChI is InChI=1S/C9H15NO.C7H6ClNO2.C6H11NO/c1-6(2)8(4)9-5-7(3)10-11-9;8-6-1-3-7(4-2-6)11-9-5-10;1-6-3-2-4-7(6)5-8/h5-6,8H,1-4H3;1-5H,(H,9,10);5-6H,2-4H2,1H3. The number of benzene rings is 1. The Morgan fingerprint density at radius 2 is 1.93 bits per heavy atom. The van der Waals surface area contributed by atoms with E-state index < -0.39 is 0 Å². The molecule has 1 aromatic carbocycles. The summed E-state index contributed by atoms with van der Waals surface area (Å²) >= 11 is 5.60. The molecule has 0 spiro atoms. The summed E-state index contributed by atoms with van der Waals surface area (Å²) in [6, 6.07) is 9.14. The van der Waals surface area contributed by atoms with E-state index in [1.807, 2.05) is 17.9 Å². The number of carbonyl (C=O) groups is 2. The fraction of sp³-hybridized carbons (Fsp3) is 0.500. The van der Waals surface area contributed by atoms with E-state index in [1.165, 1.54) is 12.8 Å². The van der Waals surface area contributed by atoms with Gasteiger partial charge in [0.1, 0.15) is 5.76 Å². The van der Waals surface area contributed by atoms with Gasteiger partial charge < -0.3 is 14.3 Å². The minimum Gasteiger partial charge on any atom is -0.380 e. The average Bonchev–Trinajstić information content (AvgIpc) is 3.35. The van der Waals surface area contributed by atoms with Gasteiger partial charge in [-0.15, -0.1) is 0 Å². The third kappa shape index (κ3) is 9.31. The van der Waals surface area contributed by atoms with E-state index in [-0.39, 0.29) is 0 Å². The summed E-state index contributed by atoms with van der Waals surface area (Å²) in [4.78, 5) is 26.5. The maximum atomic E-state index is 10.1. The first kappa shape index (κ1) is 25.5. The molecule has 2 heterocycles. The summed E-state index contributed by atoms with van der Waals surface area (Å²) in [5.41, 5.74) is 3.03. The number of amides is 2. The summed E-state index contributed by atoms with van der Waals surface area (Å²) in [7, 11) is 0. The molecule has 0 radical (unpaired) electrons. The Morgan fingerprint density at radius 1 is 1.27 bits per heavy atom. The molecule has 1 aliphatic heterocycles. The Balaban J connectivity index is 0.000000228. The van der Waals surface area contributed by atoms with Crippen LogP contribution in [-0.4, -0.2) is 35.5 Å². The lowest BCUT2D eigenvalue weighted by atomic mass is 9.95. The molecule has 1 aromatic heterocycles. The number of aromatic nitrogens is 1. The van der Waals surface area contributed by atoms with Crippen LogP contribution < -0.4 is 10.3 Å². The maximum Gasteiger partial charge on any atom is 0.239 e. The van der Waals surface area contributed by atoms with Crippen LogP contribution in [0.4, 0.5) is 0 Å². The maximum absolute atomic E-state index is 10.1. The van der Waals surface area contributed by atoms with Gasteiger partial charge in [-0.1, -0.05) is 37.5 Å². The van der Waals surface area contributed by atoms with Crippen LogP contribution in [0.5, 0.6) is 5.75 Å². The minimum atomic E-state index is 0.453. The van der Waals surface area contributed by atoms with Gasteiger partial charge >= 0.3 is 0 Å². The molecular formula is C22H32ClN3O4. The molecule has 30 heavy (non-hydrogen) atoms. The van der Waals surface area contributed by atoms with E-state index in [2.05, 4.69) is 38.3 Å². The van der Waals surface area contributed by atoms with Crippen molar-refractivity contribution in [3.63, 3.8) is 0 Å². The number of rotatable bonds is 6. The quantitative estimate of drug-likeness (QED) is 0.520. The van der Waals surface area contributed by atoms with Crippen molar-refractivity contribution >= 4 is 24.4 Å². The van der Waals surface area contributed by atoms with E-state index in [0.29, 0.717) is 35.1 Å². The molecular weight excluding hydrogens is 406 g/mol. The zero-order valence-corrected chi connectivity index (χ0v) is 19.1. The van der Waals surface area contributed by atoms with Crippen LogP contribution in [0, 0.1) is 12.8 Å². The second-order valence-electron chi connectivity index (χ2n) is 7.53. The van der Waals surface area contributed by atoms with Gasteiger partial charge in [-0.3, -0.25) is 9.59 Å². The molecule has 2 unspecified atom stereocenters. The number of hydrogen-bond donors (Lipinski definition) is 1. The number of halogens is 1. The average molecular weight is 438 g/mol. The largest absolute Gasteiger partial charge is 0.380 e. The number of aryl methyl sites for hydroxylation is 1. The number of nitrogens with zero attached hydrogens (tertiary/aromatic N) is 2. The number of carbonyl (C=O) groups excluding carboxylic acids is 2. The Hall–Kier alpha value is -2.54. The Bertz CT molecular complexity index is 749. The molecule has 2 amide bonds. The van der Waals surface area contributed by atoms with Gasteiger partial charge in [0.15, 0.2) is 5.75 Å². The number of hydroxylamine groups is 1. The van der Waals surface area contributed by atoms with E-state index in [4.69, 9.17) is 21.0 Å². The zero-order valence-electron chi connectivity index (χ0n) is 18.3. The highest BCUT2D eigenvalue weighted by Crippen LogP contribution is 2.23. The van der Waals surface area contributed by atoms with Crippen molar-refractivity contribution in [2.75, 3.05) is 6.54 Å². The lowest BCUT2D eigenvalue weighted by Gasteiger charge is -2.13. The van der Waals surface area contributed by atoms with Crippen LogP contribution in [0.1, 0.15) is 57.9 Å². The first-order valence-electron chi connectivity index (χ1n) is 10.0. The molecule has 0 bridgehead atoms. The summed E-state index contributed by atoms with van der Waals surface area (Å²) in [5.74, 6) is 2.62. The molecule has 1 aliphatic rings. The number of likely N-dealkylation sites (tertiary alicyclic amines) is 1. The van der Waals surface area contributed by atoms with Crippen molar-refractivity contribution in [1.29, 1.82) is 0 Å². The zero-order chi connectivity index (χ0) is 22.5. The Morgan fingerprint density at radius 3 is 2.33 bits per heavy atom. The lowest BCUT2D eigenvalue weighted by molar-refractivity contribution is -0.118.